The van der Waals surface area contributed by atoms with Crippen LogP contribution in [0.15, 0.2) is 66.7 Å². The number of aldehydes is 1. The largest absolute Gasteiger partial charge is 0.400 e. The molecule has 180 valence electrons. The van der Waals surface area contributed by atoms with Crippen LogP contribution in [0.2, 0.25) is 0 Å². The first-order valence-electron chi connectivity index (χ1n) is 12.2. The molecule has 1 fully saturated rings. The third kappa shape index (κ3) is 6.52. The van der Waals surface area contributed by atoms with Crippen LogP contribution in [0.25, 0.3) is 10.8 Å². The SMILES string of the molecule is CC(NC1CCC[C@H](c2ccc(C(=O)NCCC=O)cc2)C1)c1cccc2ccccc12.CO. The van der Waals surface area contributed by atoms with Gasteiger partial charge in [0.1, 0.15) is 6.29 Å². The van der Waals surface area contributed by atoms with Crippen molar-refractivity contribution < 1.29 is 14.7 Å². The van der Waals surface area contributed by atoms with E-state index in [1.54, 1.807) is 0 Å². The number of amides is 1. The van der Waals surface area contributed by atoms with Crippen molar-refractivity contribution in [3.8, 4) is 0 Å². The van der Waals surface area contributed by atoms with Crippen LogP contribution < -0.4 is 10.6 Å². The second-order valence-corrected chi connectivity index (χ2v) is 8.85. The van der Waals surface area contributed by atoms with Crippen molar-refractivity contribution in [1.29, 1.82) is 0 Å². The zero-order chi connectivity index (χ0) is 24.3. The highest BCUT2D eigenvalue weighted by molar-refractivity contribution is 5.94. The van der Waals surface area contributed by atoms with E-state index >= 15 is 0 Å². The molecule has 1 aliphatic carbocycles. The van der Waals surface area contributed by atoms with Crippen molar-refractivity contribution >= 4 is 23.0 Å². The molecule has 5 heteroatoms. The van der Waals surface area contributed by atoms with Crippen LogP contribution in [-0.2, 0) is 4.79 Å². The summed E-state index contributed by atoms with van der Waals surface area (Å²) in [7, 11) is 1.00. The van der Waals surface area contributed by atoms with Gasteiger partial charge in [0.15, 0.2) is 0 Å². The molecule has 3 N–H and O–H groups in total. The maximum atomic E-state index is 12.2. The summed E-state index contributed by atoms with van der Waals surface area (Å²) < 4.78 is 0. The first-order chi connectivity index (χ1) is 16.7. The molecule has 3 aromatic carbocycles. The molecule has 34 heavy (non-hydrogen) atoms. The number of carbonyl (C=O) groups excluding carboxylic acids is 2. The van der Waals surface area contributed by atoms with Crippen molar-refractivity contribution in [2.75, 3.05) is 13.7 Å². The molecule has 0 saturated heterocycles. The van der Waals surface area contributed by atoms with Crippen molar-refractivity contribution in [3.05, 3.63) is 83.4 Å². The van der Waals surface area contributed by atoms with Gasteiger partial charge in [-0.3, -0.25) is 4.79 Å². The van der Waals surface area contributed by atoms with Gasteiger partial charge in [0.25, 0.3) is 5.91 Å². The second kappa shape index (κ2) is 13.0. The summed E-state index contributed by atoms with van der Waals surface area (Å²) in [4.78, 5) is 22.6. The summed E-state index contributed by atoms with van der Waals surface area (Å²) in [6, 6.07) is 23.9. The molecule has 3 atom stereocenters. The first kappa shape index (κ1) is 25.6. The number of fused-ring (bicyclic) bond motifs is 1. The van der Waals surface area contributed by atoms with E-state index < -0.39 is 0 Å². The third-order valence-electron chi connectivity index (χ3n) is 6.64. The molecule has 0 aromatic heterocycles. The van der Waals surface area contributed by atoms with E-state index in [-0.39, 0.29) is 5.91 Å². The van der Waals surface area contributed by atoms with Crippen molar-refractivity contribution in [3.63, 3.8) is 0 Å². The zero-order valence-electron chi connectivity index (χ0n) is 20.2. The molecule has 0 bridgehead atoms. The zero-order valence-corrected chi connectivity index (χ0v) is 20.2. The maximum Gasteiger partial charge on any atom is 0.251 e. The highest BCUT2D eigenvalue weighted by Gasteiger charge is 2.25. The molecule has 5 nitrogen and oxygen atoms in total. The van der Waals surface area contributed by atoms with Crippen LogP contribution in [0.1, 0.15) is 72.5 Å². The van der Waals surface area contributed by atoms with Crippen LogP contribution in [0.5, 0.6) is 0 Å². The highest BCUT2D eigenvalue weighted by Crippen LogP contribution is 2.34. The van der Waals surface area contributed by atoms with Crippen molar-refractivity contribution in [2.24, 2.45) is 0 Å². The average molecular weight is 461 g/mol. The van der Waals surface area contributed by atoms with Gasteiger partial charge in [0.2, 0.25) is 0 Å². The highest BCUT2D eigenvalue weighted by atomic mass is 16.2. The van der Waals surface area contributed by atoms with Gasteiger partial charge in [0, 0.05) is 37.7 Å². The van der Waals surface area contributed by atoms with E-state index in [1.165, 1.54) is 41.2 Å². The minimum atomic E-state index is -0.120. The fourth-order valence-corrected chi connectivity index (χ4v) is 4.97. The molecule has 0 heterocycles. The molecule has 0 radical (unpaired) electrons. The number of aliphatic hydroxyl groups excluding tert-OH is 1. The summed E-state index contributed by atoms with van der Waals surface area (Å²) in [6.45, 7) is 2.65. The lowest BCUT2D eigenvalue weighted by Gasteiger charge is -2.32. The minimum absolute atomic E-state index is 0.120. The quantitative estimate of drug-likeness (QED) is 0.321. The number of nitrogens with one attached hydrogen (secondary N) is 2. The molecule has 1 saturated carbocycles. The van der Waals surface area contributed by atoms with Gasteiger partial charge in [0.05, 0.1) is 0 Å². The van der Waals surface area contributed by atoms with Gasteiger partial charge in [-0.05, 0) is 66.1 Å². The fourth-order valence-electron chi connectivity index (χ4n) is 4.97. The Kier molecular flexibility index (Phi) is 9.80. The summed E-state index contributed by atoms with van der Waals surface area (Å²) in [6.07, 6.45) is 5.86. The molecule has 1 aliphatic rings. The van der Waals surface area contributed by atoms with Gasteiger partial charge in [-0.1, -0.05) is 61.0 Å². The summed E-state index contributed by atoms with van der Waals surface area (Å²) in [5, 5.41) is 16.3. The van der Waals surface area contributed by atoms with Crippen molar-refractivity contribution in [2.45, 2.75) is 57.0 Å². The molecule has 4 rings (SSSR count). The maximum absolute atomic E-state index is 12.2. The number of benzene rings is 3. The number of hydrogen-bond donors (Lipinski definition) is 3. The number of aliphatic hydroxyl groups is 1. The van der Waals surface area contributed by atoms with E-state index in [4.69, 9.17) is 5.11 Å². The Balaban J connectivity index is 0.00000158. The van der Waals surface area contributed by atoms with E-state index in [0.717, 1.165) is 19.8 Å². The fraction of sp³-hybridized carbons (Fsp3) is 0.379. The van der Waals surface area contributed by atoms with Crippen LogP contribution in [-0.4, -0.2) is 37.0 Å². The van der Waals surface area contributed by atoms with Crippen LogP contribution in [0, 0.1) is 0 Å². The summed E-state index contributed by atoms with van der Waals surface area (Å²) in [5.74, 6) is 0.388. The van der Waals surface area contributed by atoms with Crippen LogP contribution in [0.4, 0.5) is 0 Å². The molecular weight excluding hydrogens is 424 g/mol. The van der Waals surface area contributed by atoms with E-state index in [0.29, 0.717) is 36.5 Å². The Morgan fingerprint density at radius 1 is 1.03 bits per heavy atom. The van der Waals surface area contributed by atoms with E-state index in [9.17, 15) is 9.59 Å². The molecular formula is C29H36N2O3. The van der Waals surface area contributed by atoms with Gasteiger partial charge in [-0.2, -0.15) is 0 Å². The topological polar surface area (TPSA) is 78.4 Å². The van der Waals surface area contributed by atoms with Gasteiger partial charge in [-0.25, -0.2) is 0 Å². The lowest BCUT2D eigenvalue weighted by Crippen LogP contribution is -2.35. The summed E-state index contributed by atoms with van der Waals surface area (Å²) >= 11 is 0. The van der Waals surface area contributed by atoms with Gasteiger partial charge >= 0.3 is 0 Å². The Hall–Kier alpha value is -3.02. The monoisotopic (exact) mass is 460 g/mol. The molecule has 0 spiro atoms. The predicted molar refractivity (Wildman–Crippen MR) is 138 cm³/mol. The summed E-state index contributed by atoms with van der Waals surface area (Å²) in [5.41, 5.74) is 3.31. The van der Waals surface area contributed by atoms with Gasteiger partial charge < -0.3 is 20.5 Å². The Morgan fingerprint density at radius 3 is 2.53 bits per heavy atom. The van der Waals surface area contributed by atoms with Gasteiger partial charge in [-0.15, -0.1) is 0 Å². The molecule has 0 aliphatic heterocycles. The average Bonchev–Trinajstić information content (AvgIpc) is 2.90. The Morgan fingerprint density at radius 2 is 1.76 bits per heavy atom. The second-order valence-electron chi connectivity index (χ2n) is 8.85. The van der Waals surface area contributed by atoms with Crippen LogP contribution >= 0.6 is 0 Å². The lowest BCUT2D eigenvalue weighted by molar-refractivity contribution is -0.107. The van der Waals surface area contributed by atoms with Crippen molar-refractivity contribution in [1.82, 2.24) is 10.6 Å². The minimum Gasteiger partial charge on any atom is -0.400 e. The number of carbonyl (C=O) groups is 2. The molecule has 3 aromatic rings. The number of rotatable bonds is 8. The van der Waals surface area contributed by atoms with E-state index in [2.05, 4.69) is 72.2 Å². The number of hydrogen-bond acceptors (Lipinski definition) is 4. The van der Waals surface area contributed by atoms with E-state index in [1.807, 2.05) is 12.1 Å². The standard InChI is InChI=1S/C28H32N2O2.CH4O/c1-20(26-12-5-8-22-7-2-3-11-27(22)26)30-25-10-4-9-24(19-25)21-13-15-23(16-14-21)28(32)29-17-6-18-31;1-2/h2-3,5,7-8,11-16,18,20,24-25,30H,4,6,9-10,17,19H2,1H3,(H,29,32);2H,1H3/t20?,24-,25?;/m0./s1. The molecule has 1 amide bonds. The Bertz CT molecular complexity index is 1060. The molecule has 2 unspecified atom stereocenters. The smallest absolute Gasteiger partial charge is 0.251 e. The lowest BCUT2D eigenvalue weighted by atomic mass is 9.80. The Labute approximate surface area is 202 Å². The third-order valence-corrected chi connectivity index (χ3v) is 6.64. The normalized spacial score (nSPS) is 18.4. The first-order valence-corrected chi connectivity index (χ1v) is 12.2. The predicted octanol–water partition coefficient (Wildman–Crippen LogP) is 5.14. The van der Waals surface area contributed by atoms with Crippen LogP contribution in [0.3, 0.4) is 0 Å².